The molecule has 0 unspecified atom stereocenters. The molecular formula is C15H15BrINO2S. The third kappa shape index (κ3) is 4.77. The fourth-order valence-electron chi connectivity index (χ4n) is 1.88. The molecule has 0 saturated heterocycles. The molecule has 0 saturated carbocycles. The molecule has 0 spiro atoms. The van der Waals surface area contributed by atoms with E-state index < -0.39 is 0 Å². The first-order chi connectivity index (χ1) is 10.1. The Morgan fingerprint density at radius 3 is 2.90 bits per heavy atom. The predicted octanol–water partition coefficient (Wildman–Crippen LogP) is 4.40. The van der Waals surface area contributed by atoms with Gasteiger partial charge in [0.15, 0.2) is 0 Å². The Kier molecular flexibility index (Phi) is 6.66. The van der Waals surface area contributed by atoms with Crippen LogP contribution in [-0.4, -0.2) is 31.1 Å². The average Bonchev–Trinajstić information content (AvgIpc) is 2.98. The zero-order chi connectivity index (χ0) is 15.2. The van der Waals surface area contributed by atoms with Crippen molar-refractivity contribution >= 4 is 55.8 Å². The number of methoxy groups -OCH3 is 1. The Morgan fingerprint density at radius 1 is 1.43 bits per heavy atom. The number of carbonyl (C=O) groups excluding carboxylic acids is 1. The van der Waals surface area contributed by atoms with Gasteiger partial charge in [-0.15, -0.1) is 11.3 Å². The van der Waals surface area contributed by atoms with E-state index in [0.29, 0.717) is 19.7 Å². The van der Waals surface area contributed by atoms with Gasteiger partial charge in [0.2, 0.25) is 0 Å². The van der Waals surface area contributed by atoms with Crippen molar-refractivity contribution in [2.45, 2.75) is 6.54 Å². The zero-order valence-electron chi connectivity index (χ0n) is 11.5. The lowest BCUT2D eigenvalue weighted by atomic mass is 10.2. The molecule has 0 bridgehead atoms. The third-order valence-corrected chi connectivity index (χ3v) is 5.23. The van der Waals surface area contributed by atoms with Crippen molar-refractivity contribution in [3.63, 3.8) is 0 Å². The van der Waals surface area contributed by atoms with Gasteiger partial charge >= 0.3 is 0 Å². The van der Waals surface area contributed by atoms with E-state index in [0.717, 1.165) is 13.6 Å². The van der Waals surface area contributed by atoms with Crippen molar-refractivity contribution in [2.75, 3.05) is 20.3 Å². The second kappa shape index (κ2) is 8.26. The Bertz CT molecular complexity index is 604. The molecule has 0 aliphatic carbocycles. The SMILES string of the molecule is COCCN(Cc1cccs1)C(=O)c1cc(Br)ccc1I. The first kappa shape index (κ1) is 16.9. The lowest BCUT2D eigenvalue weighted by Gasteiger charge is -2.22. The van der Waals surface area contributed by atoms with Crippen molar-refractivity contribution in [1.29, 1.82) is 0 Å². The summed E-state index contributed by atoms with van der Waals surface area (Å²) in [5.41, 5.74) is 0.720. The van der Waals surface area contributed by atoms with Gasteiger partial charge in [-0.2, -0.15) is 0 Å². The van der Waals surface area contributed by atoms with E-state index in [4.69, 9.17) is 4.74 Å². The topological polar surface area (TPSA) is 29.5 Å². The Balaban J connectivity index is 2.22. The highest BCUT2D eigenvalue weighted by Crippen LogP contribution is 2.21. The Morgan fingerprint density at radius 2 is 2.24 bits per heavy atom. The normalized spacial score (nSPS) is 10.6. The highest BCUT2D eigenvalue weighted by molar-refractivity contribution is 14.1. The molecule has 0 aliphatic rings. The number of hydrogen-bond donors (Lipinski definition) is 0. The lowest BCUT2D eigenvalue weighted by Crippen LogP contribution is -2.33. The van der Waals surface area contributed by atoms with E-state index in [1.165, 1.54) is 4.88 Å². The molecule has 1 amide bonds. The van der Waals surface area contributed by atoms with Gasteiger partial charge in [-0.3, -0.25) is 4.79 Å². The van der Waals surface area contributed by atoms with Crippen molar-refractivity contribution < 1.29 is 9.53 Å². The molecule has 1 aromatic carbocycles. The maximum Gasteiger partial charge on any atom is 0.255 e. The second-order valence-electron chi connectivity index (χ2n) is 4.42. The molecule has 2 aromatic rings. The maximum atomic E-state index is 12.8. The number of thiophene rings is 1. The summed E-state index contributed by atoms with van der Waals surface area (Å²) in [6, 6.07) is 9.80. The largest absolute Gasteiger partial charge is 0.383 e. The third-order valence-electron chi connectivity index (χ3n) is 2.94. The van der Waals surface area contributed by atoms with E-state index in [1.807, 2.05) is 40.6 Å². The number of halogens is 2. The van der Waals surface area contributed by atoms with Gasteiger partial charge in [0, 0.05) is 26.6 Å². The summed E-state index contributed by atoms with van der Waals surface area (Å²) in [7, 11) is 1.65. The minimum atomic E-state index is 0.0335. The number of nitrogens with zero attached hydrogens (tertiary/aromatic N) is 1. The number of amides is 1. The summed E-state index contributed by atoms with van der Waals surface area (Å²) < 4.78 is 6.99. The van der Waals surface area contributed by atoms with Crippen molar-refractivity contribution in [1.82, 2.24) is 4.90 Å². The summed E-state index contributed by atoms with van der Waals surface area (Å²) in [5.74, 6) is 0.0335. The predicted molar refractivity (Wildman–Crippen MR) is 97.8 cm³/mol. The van der Waals surface area contributed by atoms with Crippen LogP contribution in [0.4, 0.5) is 0 Å². The Labute approximate surface area is 150 Å². The van der Waals surface area contributed by atoms with Gasteiger partial charge in [0.25, 0.3) is 5.91 Å². The highest BCUT2D eigenvalue weighted by Gasteiger charge is 2.19. The second-order valence-corrected chi connectivity index (χ2v) is 7.53. The van der Waals surface area contributed by atoms with Crippen molar-refractivity contribution in [3.8, 4) is 0 Å². The summed E-state index contributed by atoms with van der Waals surface area (Å²) in [4.78, 5) is 15.8. The van der Waals surface area contributed by atoms with Gasteiger partial charge in [-0.1, -0.05) is 22.0 Å². The van der Waals surface area contributed by atoms with Crippen molar-refractivity contribution in [3.05, 3.63) is 54.2 Å². The smallest absolute Gasteiger partial charge is 0.255 e. The first-order valence-corrected chi connectivity index (χ1v) is 9.12. The van der Waals surface area contributed by atoms with Gasteiger partial charge in [-0.25, -0.2) is 0 Å². The maximum absolute atomic E-state index is 12.8. The van der Waals surface area contributed by atoms with Crippen LogP contribution in [-0.2, 0) is 11.3 Å². The van der Waals surface area contributed by atoms with E-state index in [1.54, 1.807) is 18.4 Å². The molecule has 2 rings (SSSR count). The van der Waals surface area contributed by atoms with Crippen LogP contribution in [0.1, 0.15) is 15.2 Å². The fraction of sp³-hybridized carbons (Fsp3) is 0.267. The molecule has 3 nitrogen and oxygen atoms in total. The number of carbonyl (C=O) groups is 1. The van der Waals surface area contributed by atoms with E-state index >= 15 is 0 Å². The monoisotopic (exact) mass is 479 g/mol. The van der Waals surface area contributed by atoms with E-state index in [2.05, 4.69) is 38.5 Å². The van der Waals surface area contributed by atoms with Crippen LogP contribution in [0.2, 0.25) is 0 Å². The van der Waals surface area contributed by atoms with Crippen LogP contribution in [0, 0.1) is 3.57 Å². The average molecular weight is 480 g/mol. The fourth-order valence-corrected chi connectivity index (χ4v) is 3.52. The van der Waals surface area contributed by atoms with Crippen LogP contribution in [0.5, 0.6) is 0 Å². The number of hydrogen-bond acceptors (Lipinski definition) is 3. The standard InChI is InChI=1S/C15H15BrINO2S/c1-20-7-6-18(10-12-3-2-8-21-12)15(19)13-9-11(16)4-5-14(13)17/h2-5,8-9H,6-7,10H2,1H3. The number of benzene rings is 1. The minimum Gasteiger partial charge on any atom is -0.383 e. The van der Waals surface area contributed by atoms with Crippen molar-refractivity contribution in [2.24, 2.45) is 0 Å². The van der Waals surface area contributed by atoms with Crippen LogP contribution >= 0.6 is 49.9 Å². The molecule has 0 fully saturated rings. The quantitative estimate of drug-likeness (QED) is 0.574. The van der Waals surface area contributed by atoms with E-state index in [-0.39, 0.29) is 5.91 Å². The molecule has 0 radical (unpaired) electrons. The number of rotatable bonds is 6. The van der Waals surface area contributed by atoms with Gasteiger partial charge in [0.1, 0.15) is 0 Å². The molecule has 21 heavy (non-hydrogen) atoms. The minimum absolute atomic E-state index is 0.0335. The summed E-state index contributed by atoms with van der Waals surface area (Å²) in [6.45, 7) is 1.72. The van der Waals surface area contributed by atoms with Crippen LogP contribution in [0.25, 0.3) is 0 Å². The molecule has 0 N–H and O–H groups in total. The molecular weight excluding hydrogens is 465 g/mol. The summed E-state index contributed by atoms with van der Waals surface area (Å²) >= 11 is 7.29. The molecule has 1 aromatic heterocycles. The molecule has 6 heteroatoms. The lowest BCUT2D eigenvalue weighted by molar-refractivity contribution is 0.0681. The molecule has 0 aliphatic heterocycles. The van der Waals surface area contributed by atoms with Gasteiger partial charge < -0.3 is 9.64 Å². The summed E-state index contributed by atoms with van der Waals surface area (Å²) in [6.07, 6.45) is 0. The molecule has 112 valence electrons. The van der Waals surface area contributed by atoms with Crippen LogP contribution in [0.3, 0.4) is 0 Å². The number of ether oxygens (including phenoxy) is 1. The van der Waals surface area contributed by atoms with Crippen LogP contribution in [0.15, 0.2) is 40.2 Å². The Hall–Kier alpha value is -0.440. The summed E-state index contributed by atoms with van der Waals surface area (Å²) in [5, 5.41) is 2.02. The molecule has 1 heterocycles. The zero-order valence-corrected chi connectivity index (χ0v) is 16.1. The highest BCUT2D eigenvalue weighted by atomic mass is 127. The van der Waals surface area contributed by atoms with Gasteiger partial charge in [0.05, 0.1) is 18.7 Å². The van der Waals surface area contributed by atoms with E-state index in [9.17, 15) is 4.79 Å². The first-order valence-electron chi connectivity index (χ1n) is 6.37. The molecule has 0 atom stereocenters. The van der Waals surface area contributed by atoms with Crippen LogP contribution < -0.4 is 0 Å². The van der Waals surface area contributed by atoms with Gasteiger partial charge in [-0.05, 0) is 52.2 Å².